The molecular weight excluding hydrogens is 394 g/mol. The van der Waals surface area contributed by atoms with E-state index in [0.717, 1.165) is 17.4 Å². The van der Waals surface area contributed by atoms with Crippen LogP contribution in [0.25, 0.3) is 5.69 Å². The second-order valence-electron chi connectivity index (χ2n) is 6.03. The predicted octanol–water partition coefficient (Wildman–Crippen LogP) is 2.77. The number of nitrogens with one attached hydrogen (secondary N) is 2. The van der Waals surface area contributed by atoms with Crippen LogP contribution >= 0.6 is 11.8 Å². The van der Waals surface area contributed by atoms with Gasteiger partial charge >= 0.3 is 10.7 Å². The molecule has 1 amide bonds. The second kappa shape index (κ2) is 9.33. The summed E-state index contributed by atoms with van der Waals surface area (Å²) in [7, 11) is 3.07. The molecule has 0 aliphatic rings. The van der Waals surface area contributed by atoms with Crippen molar-refractivity contribution in [2.24, 2.45) is 0 Å². The zero-order valence-corrected chi connectivity index (χ0v) is 17.1. The number of benzene rings is 2. The van der Waals surface area contributed by atoms with Crippen LogP contribution < -0.4 is 25.1 Å². The van der Waals surface area contributed by atoms with Crippen molar-refractivity contribution in [3.63, 3.8) is 0 Å². The number of thioether (sulfide) groups is 1. The van der Waals surface area contributed by atoms with E-state index in [1.165, 1.54) is 11.8 Å². The van der Waals surface area contributed by atoms with E-state index < -0.39 is 10.9 Å². The lowest BCUT2D eigenvalue weighted by Crippen LogP contribution is -2.37. The van der Waals surface area contributed by atoms with Gasteiger partial charge in [0.15, 0.2) is 0 Å². The first-order valence-electron chi connectivity index (χ1n) is 8.95. The van der Waals surface area contributed by atoms with Gasteiger partial charge in [-0.2, -0.15) is 0 Å². The Hall–Kier alpha value is -3.20. The standard InChI is InChI=1S/C20H21N3O5S/c1-4-17(18(24)21-15-11-10-14(26-2)12-16(15)27-3)29-19-20(25)28-22-23(19)13-8-6-5-7-9-13/h5-12,17H,4H2,1-3H3,(H-,21,22,24,25)/p+1. The summed E-state index contributed by atoms with van der Waals surface area (Å²) in [6.07, 6.45) is 0.508. The lowest BCUT2D eigenvalue weighted by Gasteiger charge is -2.15. The molecule has 1 atom stereocenters. The van der Waals surface area contributed by atoms with Gasteiger partial charge in [-0.15, -0.1) is 0 Å². The minimum absolute atomic E-state index is 0.249. The molecule has 29 heavy (non-hydrogen) atoms. The number of H-pyrrole nitrogens is 1. The topological polar surface area (TPSA) is 97.4 Å². The molecule has 3 aromatic rings. The first-order chi connectivity index (χ1) is 14.1. The highest BCUT2D eigenvalue weighted by Crippen LogP contribution is 2.30. The molecule has 0 bridgehead atoms. The van der Waals surface area contributed by atoms with Crippen LogP contribution in [-0.2, 0) is 4.79 Å². The summed E-state index contributed by atoms with van der Waals surface area (Å²) in [6, 6.07) is 14.4. The summed E-state index contributed by atoms with van der Waals surface area (Å²) in [5.74, 6) is 0.856. The van der Waals surface area contributed by atoms with Gasteiger partial charge in [0.05, 0.1) is 25.2 Å². The number of carbonyl (C=O) groups excluding carboxylic acids is 1. The number of anilines is 1. The summed E-state index contributed by atoms with van der Waals surface area (Å²) in [5.41, 5.74) is 0.717. The van der Waals surface area contributed by atoms with E-state index in [4.69, 9.17) is 14.0 Å². The summed E-state index contributed by atoms with van der Waals surface area (Å²) in [6.45, 7) is 1.88. The summed E-state index contributed by atoms with van der Waals surface area (Å²) >= 11 is 1.14. The third kappa shape index (κ3) is 4.62. The van der Waals surface area contributed by atoms with E-state index in [2.05, 4.69) is 10.6 Å². The second-order valence-corrected chi connectivity index (χ2v) is 7.22. The average molecular weight is 416 g/mol. The molecule has 0 saturated heterocycles. The van der Waals surface area contributed by atoms with Crippen LogP contribution in [-0.4, -0.2) is 30.6 Å². The number of para-hydroxylation sites is 1. The Bertz CT molecular complexity index is 1030. The van der Waals surface area contributed by atoms with Crippen molar-refractivity contribution in [2.45, 2.75) is 23.6 Å². The van der Waals surface area contributed by atoms with Crippen LogP contribution in [0.4, 0.5) is 5.69 Å². The maximum atomic E-state index is 12.9. The zero-order chi connectivity index (χ0) is 20.8. The average Bonchev–Trinajstić information content (AvgIpc) is 3.12. The number of amides is 1. The Morgan fingerprint density at radius 2 is 1.97 bits per heavy atom. The monoisotopic (exact) mass is 416 g/mol. The number of ether oxygens (including phenoxy) is 2. The number of methoxy groups -OCH3 is 2. The number of hydrogen-bond donors (Lipinski definition) is 2. The summed E-state index contributed by atoms with van der Waals surface area (Å²) in [4.78, 5) is 25.1. The minimum Gasteiger partial charge on any atom is -0.497 e. The van der Waals surface area contributed by atoms with Gasteiger partial charge in [0, 0.05) is 18.2 Å². The maximum Gasteiger partial charge on any atom is 0.442 e. The molecule has 1 heterocycles. The molecule has 0 saturated carbocycles. The fraction of sp³-hybridized carbons (Fsp3) is 0.250. The molecule has 2 aromatic carbocycles. The van der Waals surface area contributed by atoms with Crippen molar-refractivity contribution in [3.8, 4) is 17.2 Å². The Balaban J connectivity index is 1.82. The Morgan fingerprint density at radius 1 is 1.21 bits per heavy atom. The van der Waals surface area contributed by atoms with Crippen molar-refractivity contribution in [1.82, 2.24) is 5.27 Å². The van der Waals surface area contributed by atoms with Gasteiger partial charge in [0.25, 0.3) is 0 Å². The largest absolute Gasteiger partial charge is 0.497 e. The quantitative estimate of drug-likeness (QED) is 0.433. The van der Waals surface area contributed by atoms with Gasteiger partial charge in [-0.05, 0) is 40.3 Å². The summed E-state index contributed by atoms with van der Waals surface area (Å²) < 4.78 is 17.0. The lowest BCUT2D eigenvalue weighted by molar-refractivity contribution is -0.704. The van der Waals surface area contributed by atoms with Crippen molar-refractivity contribution in [1.29, 1.82) is 0 Å². The molecule has 9 heteroatoms. The van der Waals surface area contributed by atoms with Gasteiger partial charge < -0.3 is 14.8 Å². The van der Waals surface area contributed by atoms with Gasteiger partial charge in [-0.1, -0.05) is 25.1 Å². The molecular formula is C20H22N3O5S+. The molecule has 1 unspecified atom stereocenters. The van der Waals surface area contributed by atoms with Crippen molar-refractivity contribution >= 4 is 23.4 Å². The van der Waals surface area contributed by atoms with Crippen molar-refractivity contribution in [3.05, 3.63) is 59.0 Å². The van der Waals surface area contributed by atoms with E-state index in [0.29, 0.717) is 28.6 Å². The number of aromatic nitrogens is 2. The first kappa shape index (κ1) is 20.5. The van der Waals surface area contributed by atoms with Crippen molar-refractivity contribution < 1.29 is 23.5 Å². The molecule has 0 aliphatic heterocycles. The van der Waals surface area contributed by atoms with Crippen molar-refractivity contribution in [2.75, 3.05) is 19.5 Å². The number of rotatable bonds is 8. The van der Waals surface area contributed by atoms with E-state index in [1.807, 2.05) is 37.3 Å². The molecule has 8 nitrogen and oxygen atoms in total. The zero-order valence-electron chi connectivity index (χ0n) is 16.3. The van der Waals surface area contributed by atoms with Crippen LogP contribution in [0.3, 0.4) is 0 Å². The molecule has 0 spiro atoms. The third-order valence-electron chi connectivity index (χ3n) is 4.21. The number of carbonyl (C=O) groups is 1. The van der Waals surface area contributed by atoms with E-state index in [-0.39, 0.29) is 5.91 Å². The van der Waals surface area contributed by atoms with E-state index in [9.17, 15) is 9.59 Å². The highest BCUT2D eigenvalue weighted by molar-refractivity contribution is 8.00. The highest BCUT2D eigenvalue weighted by Gasteiger charge is 2.30. The molecule has 1 aromatic heterocycles. The fourth-order valence-electron chi connectivity index (χ4n) is 2.68. The molecule has 152 valence electrons. The first-order valence-corrected chi connectivity index (χ1v) is 9.83. The molecule has 2 N–H and O–H groups in total. The summed E-state index contributed by atoms with van der Waals surface area (Å²) in [5, 5.41) is 5.22. The fourth-order valence-corrected chi connectivity index (χ4v) is 3.67. The van der Waals surface area contributed by atoms with Gasteiger partial charge in [0.2, 0.25) is 11.6 Å². The minimum atomic E-state index is -0.535. The van der Waals surface area contributed by atoms with Crippen LogP contribution in [0.2, 0.25) is 0 Å². The number of aromatic amines is 1. The van der Waals surface area contributed by atoms with Crippen LogP contribution in [0, 0.1) is 0 Å². The lowest BCUT2D eigenvalue weighted by atomic mass is 10.2. The Labute approximate surface area is 171 Å². The molecule has 0 fully saturated rings. The van der Waals surface area contributed by atoms with Gasteiger partial charge in [0.1, 0.15) is 11.5 Å². The van der Waals surface area contributed by atoms with Crippen LogP contribution in [0.1, 0.15) is 13.3 Å². The van der Waals surface area contributed by atoms with Crippen LogP contribution in [0.5, 0.6) is 11.5 Å². The number of nitrogens with zero attached hydrogens (tertiary/aromatic N) is 1. The van der Waals surface area contributed by atoms with E-state index in [1.54, 1.807) is 25.3 Å². The third-order valence-corrected chi connectivity index (χ3v) is 5.61. The predicted molar refractivity (Wildman–Crippen MR) is 109 cm³/mol. The Morgan fingerprint density at radius 3 is 2.62 bits per heavy atom. The van der Waals surface area contributed by atoms with Gasteiger partial charge in [-0.3, -0.25) is 9.32 Å². The van der Waals surface area contributed by atoms with Gasteiger partial charge in [-0.25, -0.2) is 4.79 Å². The smallest absolute Gasteiger partial charge is 0.442 e. The Kier molecular flexibility index (Phi) is 6.61. The van der Waals surface area contributed by atoms with E-state index >= 15 is 0 Å². The number of hydrogen-bond acceptors (Lipinski definition) is 6. The molecule has 3 rings (SSSR count). The van der Waals surface area contributed by atoms with Crippen LogP contribution in [0.15, 0.2) is 62.9 Å². The SMILES string of the molecule is CCC(Sc1c(=O)o[nH][n+]1-c1ccccc1)C(=O)Nc1ccc(OC)cc1OC. The normalized spacial score (nSPS) is 11.7. The molecule has 0 aliphatic carbocycles. The highest BCUT2D eigenvalue weighted by atomic mass is 32.2. The molecule has 0 radical (unpaired) electrons. The maximum absolute atomic E-state index is 12.9.